The average Bonchev–Trinajstić information content (AvgIpc) is 3.49. The van der Waals surface area contributed by atoms with Crippen LogP contribution in [0.2, 0.25) is 0 Å². The molecule has 10 heteroatoms. The summed E-state index contributed by atoms with van der Waals surface area (Å²) in [6, 6.07) is 16.4. The molecule has 0 atom stereocenters. The summed E-state index contributed by atoms with van der Waals surface area (Å²) in [7, 11) is 0. The van der Waals surface area contributed by atoms with Gasteiger partial charge in [-0.05, 0) is 36.4 Å². The minimum atomic E-state index is -0.486. The van der Waals surface area contributed by atoms with Gasteiger partial charge in [-0.1, -0.05) is 48.0 Å². The number of fused-ring (bicyclic) bond motifs is 2. The van der Waals surface area contributed by atoms with E-state index in [4.69, 9.17) is 10.1 Å². The number of aromatic nitrogens is 1. The zero-order chi connectivity index (χ0) is 26.2. The molecular weight excluding hydrogens is 500 g/mol. The van der Waals surface area contributed by atoms with Crippen LogP contribution in [-0.2, 0) is 20.9 Å². The molecule has 1 aromatic heterocycles. The second kappa shape index (κ2) is 10.0. The number of para-hydroxylation sites is 1. The number of carbonyl (C=O) groups is 2. The van der Waals surface area contributed by atoms with Crippen molar-refractivity contribution in [3.05, 3.63) is 77.0 Å². The van der Waals surface area contributed by atoms with Gasteiger partial charge in [-0.3, -0.25) is 15.0 Å². The highest BCUT2D eigenvalue weighted by Gasteiger charge is 2.36. The van der Waals surface area contributed by atoms with E-state index in [9.17, 15) is 9.59 Å². The highest BCUT2D eigenvalue weighted by Crippen LogP contribution is 2.31. The lowest BCUT2D eigenvalue weighted by Gasteiger charge is -2.26. The Morgan fingerprint density at radius 1 is 1.13 bits per heavy atom. The quantitative estimate of drug-likeness (QED) is 0.509. The Balaban J connectivity index is 1.27. The summed E-state index contributed by atoms with van der Waals surface area (Å²) < 4.78 is 7.47. The van der Waals surface area contributed by atoms with Crippen LogP contribution in [0.4, 0.5) is 0 Å². The molecule has 2 amide bonds. The van der Waals surface area contributed by atoms with E-state index >= 15 is 0 Å². The molecule has 0 bridgehead atoms. The largest absolute Gasteiger partial charge is 0.378 e. The molecule has 2 aromatic carbocycles. The van der Waals surface area contributed by atoms with E-state index < -0.39 is 5.91 Å². The molecule has 38 heavy (non-hydrogen) atoms. The van der Waals surface area contributed by atoms with Gasteiger partial charge >= 0.3 is 0 Å². The van der Waals surface area contributed by atoms with Crippen molar-refractivity contribution in [3.63, 3.8) is 0 Å². The molecular formula is C28H26N6O3S. The summed E-state index contributed by atoms with van der Waals surface area (Å²) in [6.07, 6.45) is 3.83. The summed E-state index contributed by atoms with van der Waals surface area (Å²) >= 11 is 1.17. The maximum Gasteiger partial charge on any atom is 0.283 e. The summed E-state index contributed by atoms with van der Waals surface area (Å²) in [5, 5.41) is 16.4. The molecule has 4 heterocycles. The Hall–Kier alpha value is -4.02. The highest BCUT2D eigenvalue weighted by atomic mass is 32.2. The van der Waals surface area contributed by atoms with E-state index in [1.165, 1.54) is 27.9 Å². The number of aryl methyl sites for hydroxylation is 1. The smallest absolute Gasteiger partial charge is 0.283 e. The number of amides is 2. The molecule has 9 nitrogen and oxygen atoms in total. The predicted octanol–water partition coefficient (Wildman–Crippen LogP) is 3.87. The number of aliphatic imine (C=N–C) groups is 1. The van der Waals surface area contributed by atoms with Crippen LogP contribution in [0.25, 0.3) is 17.0 Å². The van der Waals surface area contributed by atoms with Crippen LogP contribution in [0.1, 0.15) is 23.1 Å². The first kappa shape index (κ1) is 24.3. The van der Waals surface area contributed by atoms with Crippen molar-refractivity contribution < 1.29 is 14.3 Å². The SMILES string of the molecule is Cc1ccc(Cn2cc(/C=C3/C(=N)N4N=C(CC(=O)N5CCOCC5)SC4=NC3=O)c3ccccc32)cc1. The predicted molar refractivity (Wildman–Crippen MR) is 149 cm³/mol. The number of hydrazone groups is 1. The fourth-order valence-electron chi connectivity index (χ4n) is 4.72. The number of nitrogens with zero attached hydrogens (tertiary/aromatic N) is 5. The minimum Gasteiger partial charge on any atom is -0.378 e. The molecule has 3 aromatic rings. The Morgan fingerprint density at radius 2 is 1.89 bits per heavy atom. The van der Waals surface area contributed by atoms with Crippen molar-refractivity contribution in [1.82, 2.24) is 14.5 Å². The molecule has 1 saturated heterocycles. The third-order valence-electron chi connectivity index (χ3n) is 6.76. The van der Waals surface area contributed by atoms with Gasteiger partial charge in [-0.15, -0.1) is 0 Å². The van der Waals surface area contributed by atoms with Crippen molar-refractivity contribution in [2.75, 3.05) is 26.3 Å². The van der Waals surface area contributed by atoms with Crippen molar-refractivity contribution in [2.45, 2.75) is 19.9 Å². The number of benzene rings is 2. The van der Waals surface area contributed by atoms with Crippen LogP contribution in [-0.4, -0.2) is 68.6 Å². The van der Waals surface area contributed by atoms with Crippen molar-refractivity contribution in [3.8, 4) is 0 Å². The first-order chi connectivity index (χ1) is 18.5. The second-order valence-corrected chi connectivity index (χ2v) is 10.4. The summed E-state index contributed by atoms with van der Waals surface area (Å²) in [5.74, 6) is -0.577. The van der Waals surface area contributed by atoms with Gasteiger partial charge in [0, 0.05) is 42.3 Å². The Labute approximate surface area is 224 Å². The number of morpholine rings is 1. The third-order valence-corrected chi connectivity index (χ3v) is 7.66. The molecule has 0 spiro atoms. The van der Waals surface area contributed by atoms with Crippen molar-refractivity contribution >= 4 is 56.6 Å². The Morgan fingerprint density at radius 3 is 2.68 bits per heavy atom. The topological polar surface area (TPSA) is 103 Å². The third kappa shape index (κ3) is 4.68. The van der Waals surface area contributed by atoms with Crippen LogP contribution < -0.4 is 0 Å². The molecule has 1 N–H and O–H groups in total. The average molecular weight is 527 g/mol. The molecule has 3 aliphatic rings. The molecule has 0 radical (unpaired) electrons. The molecule has 0 aliphatic carbocycles. The first-order valence-electron chi connectivity index (χ1n) is 12.4. The van der Waals surface area contributed by atoms with Gasteiger partial charge in [0.2, 0.25) is 11.1 Å². The van der Waals surface area contributed by atoms with Crippen LogP contribution in [0.5, 0.6) is 0 Å². The molecule has 6 rings (SSSR count). The number of hydrogen-bond donors (Lipinski definition) is 1. The normalized spacial score (nSPS) is 18.7. The molecule has 0 unspecified atom stereocenters. The van der Waals surface area contributed by atoms with Crippen LogP contribution in [0.15, 0.2) is 70.4 Å². The lowest BCUT2D eigenvalue weighted by molar-refractivity contribution is -0.133. The number of amidine groups is 2. The van der Waals surface area contributed by atoms with Crippen LogP contribution in [0, 0.1) is 12.3 Å². The van der Waals surface area contributed by atoms with Gasteiger partial charge in [0.15, 0.2) is 5.84 Å². The van der Waals surface area contributed by atoms with E-state index in [-0.39, 0.29) is 23.7 Å². The van der Waals surface area contributed by atoms with Gasteiger partial charge in [-0.25, -0.2) is 0 Å². The molecule has 192 valence electrons. The van der Waals surface area contributed by atoms with E-state index in [0.717, 1.165) is 16.5 Å². The van der Waals surface area contributed by atoms with E-state index in [1.807, 2.05) is 24.4 Å². The van der Waals surface area contributed by atoms with Gasteiger partial charge < -0.3 is 14.2 Å². The Kier molecular flexibility index (Phi) is 6.42. The van der Waals surface area contributed by atoms with Crippen molar-refractivity contribution in [1.29, 1.82) is 5.41 Å². The van der Waals surface area contributed by atoms with Gasteiger partial charge in [0.05, 0.1) is 25.2 Å². The molecule has 1 fully saturated rings. The fourth-order valence-corrected chi connectivity index (χ4v) is 5.60. The molecule has 0 saturated carbocycles. The summed E-state index contributed by atoms with van der Waals surface area (Å²) in [6.45, 7) is 4.92. The zero-order valence-corrected chi connectivity index (χ0v) is 21.7. The zero-order valence-electron chi connectivity index (χ0n) is 20.9. The van der Waals surface area contributed by atoms with Gasteiger partial charge in [0.1, 0.15) is 5.04 Å². The van der Waals surface area contributed by atoms with Crippen LogP contribution >= 0.6 is 11.8 Å². The summed E-state index contributed by atoms with van der Waals surface area (Å²) in [5.41, 5.74) is 4.42. The standard InChI is InChI=1S/C28H26N6O3S/c1-18-6-8-19(9-7-18)16-33-17-20(21-4-2-3-5-23(21)33)14-22-26(29)34-28(30-27(22)36)38-24(31-34)15-25(35)32-10-12-37-13-11-32/h2-9,14,17,29H,10-13,15-16H2,1H3/b22-14-,29-26?. The minimum absolute atomic E-state index is 0.0447. The number of hydrogen-bond acceptors (Lipinski definition) is 6. The number of ether oxygens (including phenoxy) is 1. The van der Waals surface area contributed by atoms with E-state index in [1.54, 1.807) is 11.0 Å². The van der Waals surface area contributed by atoms with E-state index in [0.29, 0.717) is 43.1 Å². The van der Waals surface area contributed by atoms with Crippen LogP contribution in [0.3, 0.4) is 0 Å². The van der Waals surface area contributed by atoms with Gasteiger partial charge in [0.25, 0.3) is 5.91 Å². The summed E-state index contributed by atoms with van der Waals surface area (Å²) in [4.78, 5) is 31.6. The lowest BCUT2D eigenvalue weighted by Crippen LogP contribution is -2.41. The first-order valence-corrected chi connectivity index (χ1v) is 13.3. The van der Waals surface area contributed by atoms with Crippen molar-refractivity contribution in [2.24, 2.45) is 10.1 Å². The highest BCUT2D eigenvalue weighted by molar-refractivity contribution is 8.27. The van der Waals surface area contributed by atoms with E-state index in [2.05, 4.69) is 51.9 Å². The maximum absolute atomic E-state index is 13.0. The van der Waals surface area contributed by atoms with Gasteiger partial charge in [-0.2, -0.15) is 15.1 Å². The number of rotatable bonds is 5. The Bertz CT molecular complexity index is 1550. The monoisotopic (exact) mass is 526 g/mol. The maximum atomic E-state index is 13.0. The fraction of sp³-hybridized carbons (Fsp3) is 0.250. The lowest BCUT2D eigenvalue weighted by atomic mass is 10.1. The molecule has 3 aliphatic heterocycles. The number of thioether (sulfide) groups is 1. The second-order valence-electron chi connectivity index (χ2n) is 9.40. The number of nitrogens with one attached hydrogen (secondary N) is 1. The number of carbonyl (C=O) groups excluding carboxylic acids is 2.